The van der Waals surface area contributed by atoms with E-state index in [1.165, 1.54) is 6.07 Å². The minimum absolute atomic E-state index is 0.158. The van der Waals surface area contributed by atoms with Gasteiger partial charge in [0.15, 0.2) is 0 Å². The van der Waals surface area contributed by atoms with Gasteiger partial charge in [-0.1, -0.05) is 0 Å². The van der Waals surface area contributed by atoms with Crippen LogP contribution in [0.4, 0.5) is 10.1 Å². The van der Waals surface area contributed by atoms with Gasteiger partial charge in [-0.2, -0.15) is 0 Å². The molecule has 4 heteroatoms. The van der Waals surface area contributed by atoms with Gasteiger partial charge in [0.1, 0.15) is 5.82 Å². The minimum Gasteiger partial charge on any atom is -0.396 e. The van der Waals surface area contributed by atoms with Gasteiger partial charge in [0.25, 0.3) is 0 Å². The summed E-state index contributed by atoms with van der Waals surface area (Å²) >= 11 is 0. The first-order valence-electron chi connectivity index (χ1n) is 4.23. The highest BCUT2D eigenvalue weighted by Gasteiger charge is 2.01. The summed E-state index contributed by atoms with van der Waals surface area (Å²) in [5.74, 6) is -0.408. The Morgan fingerprint density at radius 3 is 2.79 bits per heavy atom. The number of rotatable bonds is 1. The van der Waals surface area contributed by atoms with Crippen molar-refractivity contribution in [2.75, 3.05) is 5.73 Å². The van der Waals surface area contributed by atoms with Crippen molar-refractivity contribution < 1.29 is 4.39 Å². The lowest BCUT2D eigenvalue weighted by Gasteiger charge is -2.02. The Kier molecular flexibility index (Phi) is 1.96. The first-order valence-corrected chi connectivity index (χ1v) is 4.23. The molecule has 0 aliphatic carbocycles. The molecule has 1 aromatic carbocycles. The fourth-order valence-electron chi connectivity index (χ4n) is 1.24. The van der Waals surface area contributed by atoms with Crippen LogP contribution in [-0.4, -0.2) is 9.55 Å². The third-order valence-electron chi connectivity index (χ3n) is 1.99. The number of hydrogen-bond acceptors (Lipinski definition) is 2. The molecular weight excluding hydrogens is 181 g/mol. The number of nitrogen functional groups attached to an aromatic ring is 1. The smallest absolute Gasteiger partial charge is 0.148 e. The first-order chi connectivity index (χ1) is 6.66. The Morgan fingerprint density at radius 1 is 1.43 bits per heavy atom. The van der Waals surface area contributed by atoms with E-state index >= 15 is 0 Å². The summed E-state index contributed by atoms with van der Waals surface area (Å²) in [4.78, 5) is 4.05. The van der Waals surface area contributed by atoms with E-state index in [4.69, 9.17) is 5.73 Å². The fraction of sp³-hybridized carbons (Fsp3) is 0.100. The summed E-state index contributed by atoms with van der Waals surface area (Å²) < 4.78 is 14.9. The van der Waals surface area contributed by atoms with Crippen LogP contribution < -0.4 is 5.73 Å². The van der Waals surface area contributed by atoms with Gasteiger partial charge < -0.3 is 10.3 Å². The highest BCUT2D eigenvalue weighted by molar-refractivity contribution is 5.46. The van der Waals surface area contributed by atoms with Crippen LogP contribution in [0.25, 0.3) is 5.69 Å². The maximum atomic E-state index is 13.1. The molecule has 0 atom stereocenters. The van der Waals surface area contributed by atoms with Gasteiger partial charge in [-0.25, -0.2) is 9.37 Å². The van der Waals surface area contributed by atoms with Crippen LogP contribution in [0.1, 0.15) is 5.69 Å². The molecule has 0 bridgehead atoms. The molecule has 0 fully saturated rings. The number of halogens is 1. The fourth-order valence-corrected chi connectivity index (χ4v) is 1.24. The Bertz CT molecular complexity index is 462. The first kappa shape index (κ1) is 8.74. The molecule has 1 aromatic heterocycles. The van der Waals surface area contributed by atoms with Crippen molar-refractivity contribution in [2.24, 2.45) is 0 Å². The summed E-state index contributed by atoms with van der Waals surface area (Å²) in [5.41, 5.74) is 7.14. The number of nitrogens with zero attached hydrogens (tertiary/aromatic N) is 2. The van der Waals surface area contributed by atoms with Crippen LogP contribution in [0.5, 0.6) is 0 Å². The van der Waals surface area contributed by atoms with Crippen molar-refractivity contribution in [1.29, 1.82) is 0 Å². The van der Waals surface area contributed by atoms with Crippen molar-refractivity contribution in [2.45, 2.75) is 6.92 Å². The number of aryl methyl sites for hydroxylation is 1. The lowest BCUT2D eigenvalue weighted by Crippen LogP contribution is -1.95. The summed E-state index contributed by atoms with van der Waals surface area (Å²) in [7, 11) is 0. The minimum atomic E-state index is -0.408. The van der Waals surface area contributed by atoms with Crippen molar-refractivity contribution in [3.63, 3.8) is 0 Å². The van der Waals surface area contributed by atoms with Crippen LogP contribution >= 0.6 is 0 Å². The van der Waals surface area contributed by atoms with Crippen molar-refractivity contribution in [3.8, 4) is 5.69 Å². The molecule has 0 saturated carbocycles. The lowest BCUT2D eigenvalue weighted by atomic mass is 10.2. The average molecular weight is 191 g/mol. The number of imidazole rings is 1. The summed E-state index contributed by atoms with van der Waals surface area (Å²) in [6.07, 6.45) is 3.46. The Hall–Kier alpha value is -1.84. The molecular formula is C10H10FN3. The van der Waals surface area contributed by atoms with E-state index in [1.54, 1.807) is 23.0 Å². The van der Waals surface area contributed by atoms with Gasteiger partial charge in [0, 0.05) is 18.0 Å². The molecule has 0 aliphatic rings. The van der Waals surface area contributed by atoms with E-state index in [0.29, 0.717) is 0 Å². The monoisotopic (exact) mass is 191 g/mol. The zero-order chi connectivity index (χ0) is 10.1. The van der Waals surface area contributed by atoms with Crippen LogP contribution in [0.3, 0.4) is 0 Å². The van der Waals surface area contributed by atoms with E-state index in [-0.39, 0.29) is 5.69 Å². The summed E-state index contributed by atoms with van der Waals surface area (Å²) in [5, 5.41) is 0. The largest absolute Gasteiger partial charge is 0.396 e. The zero-order valence-corrected chi connectivity index (χ0v) is 7.74. The molecule has 0 spiro atoms. The third-order valence-corrected chi connectivity index (χ3v) is 1.99. The van der Waals surface area contributed by atoms with Crippen LogP contribution in [0.15, 0.2) is 30.7 Å². The number of nitrogens with two attached hydrogens (primary N) is 1. The van der Waals surface area contributed by atoms with Crippen LogP contribution in [0, 0.1) is 12.7 Å². The van der Waals surface area contributed by atoms with Gasteiger partial charge in [-0.05, 0) is 19.1 Å². The van der Waals surface area contributed by atoms with Gasteiger partial charge in [0.05, 0.1) is 17.7 Å². The highest BCUT2D eigenvalue weighted by Crippen LogP contribution is 2.15. The summed E-state index contributed by atoms with van der Waals surface area (Å²) in [6, 6.07) is 4.68. The second-order valence-corrected chi connectivity index (χ2v) is 3.13. The van der Waals surface area contributed by atoms with Crippen molar-refractivity contribution in [1.82, 2.24) is 9.55 Å². The van der Waals surface area contributed by atoms with Gasteiger partial charge >= 0.3 is 0 Å². The number of hydrogen-bond donors (Lipinski definition) is 1. The van der Waals surface area contributed by atoms with E-state index < -0.39 is 5.82 Å². The predicted octanol–water partition coefficient (Wildman–Crippen LogP) is 1.90. The number of aromatic nitrogens is 2. The van der Waals surface area contributed by atoms with Gasteiger partial charge in [-0.15, -0.1) is 0 Å². The third kappa shape index (κ3) is 1.46. The molecule has 14 heavy (non-hydrogen) atoms. The maximum absolute atomic E-state index is 13.1. The molecule has 3 nitrogen and oxygen atoms in total. The molecule has 72 valence electrons. The Balaban J connectivity index is 2.47. The second-order valence-electron chi connectivity index (χ2n) is 3.13. The topological polar surface area (TPSA) is 43.8 Å². The molecule has 0 radical (unpaired) electrons. The molecule has 2 rings (SSSR count). The predicted molar refractivity (Wildman–Crippen MR) is 52.7 cm³/mol. The normalized spacial score (nSPS) is 10.4. The van der Waals surface area contributed by atoms with E-state index in [2.05, 4.69) is 4.98 Å². The van der Waals surface area contributed by atoms with Crippen molar-refractivity contribution in [3.05, 3.63) is 42.2 Å². The SMILES string of the molecule is Cc1cn(-c2ccc(N)c(F)c2)cn1. The Labute approximate surface area is 81.0 Å². The molecule has 1 heterocycles. The Morgan fingerprint density at radius 2 is 2.21 bits per heavy atom. The molecule has 2 N–H and O–H groups in total. The van der Waals surface area contributed by atoms with Gasteiger partial charge in [-0.3, -0.25) is 0 Å². The standard InChI is InChI=1S/C10H10FN3/c1-7-5-14(6-13-7)8-2-3-10(12)9(11)4-8/h2-6H,12H2,1H3. The van der Waals surface area contributed by atoms with E-state index in [9.17, 15) is 4.39 Å². The average Bonchev–Trinajstić information content (AvgIpc) is 2.57. The second kappa shape index (κ2) is 3.14. The molecule has 0 aliphatic heterocycles. The number of anilines is 1. The van der Waals surface area contributed by atoms with Gasteiger partial charge in [0.2, 0.25) is 0 Å². The van der Waals surface area contributed by atoms with E-state index in [1.807, 2.05) is 13.1 Å². The van der Waals surface area contributed by atoms with E-state index in [0.717, 1.165) is 11.4 Å². The molecule has 2 aromatic rings. The van der Waals surface area contributed by atoms with Crippen molar-refractivity contribution >= 4 is 5.69 Å². The molecule has 0 amide bonds. The highest BCUT2D eigenvalue weighted by atomic mass is 19.1. The zero-order valence-electron chi connectivity index (χ0n) is 7.74. The quantitative estimate of drug-likeness (QED) is 0.699. The maximum Gasteiger partial charge on any atom is 0.148 e. The summed E-state index contributed by atoms with van der Waals surface area (Å²) in [6.45, 7) is 1.88. The lowest BCUT2D eigenvalue weighted by molar-refractivity contribution is 0.631. The molecule has 0 unspecified atom stereocenters. The molecule has 0 saturated heterocycles. The number of benzene rings is 1. The van der Waals surface area contributed by atoms with Crippen LogP contribution in [-0.2, 0) is 0 Å². The van der Waals surface area contributed by atoms with Crippen LogP contribution in [0.2, 0.25) is 0 Å².